The van der Waals surface area contributed by atoms with Crippen molar-refractivity contribution >= 4 is 22.6 Å². The third-order valence-electron chi connectivity index (χ3n) is 1.80. The van der Waals surface area contributed by atoms with Crippen molar-refractivity contribution in [3.8, 4) is 0 Å². The monoisotopic (exact) mass is 302 g/mol. The van der Waals surface area contributed by atoms with Crippen molar-refractivity contribution in [1.82, 2.24) is 0 Å². The number of hydrogen-bond donors (Lipinski definition) is 0. The topological polar surface area (TPSA) is 9.23 Å². The Morgan fingerprint density at radius 3 is 2.71 bits per heavy atom. The molecule has 0 aliphatic carbocycles. The van der Waals surface area contributed by atoms with E-state index in [9.17, 15) is 0 Å². The molecule has 1 rings (SSSR count). The van der Waals surface area contributed by atoms with Gasteiger partial charge in [-0.1, -0.05) is 36.4 Å². The Hall–Kier alpha value is -0.350. The van der Waals surface area contributed by atoms with E-state index in [0.717, 1.165) is 19.6 Å². The van der Waals surface area contributed by atoms with Gasteiger partial charge in [0.2, 0.25) is 0 Å². The van der Waals surface area contributed by atoms with Gasteiger partial charge in [-0.3, -0.25) is 0 Å². The van der Waals surface area contributed by atoms with Crippen LogP contribution >= 0.6 is 22.6 Å². The van der Waals surface area contributed by atoms with E-state index in [-0.39, 0.29) is 0 Å². The molecule has 0 aliphatic rings. The van der Waals surface area contributed by atoms with Crippen molar-refractivity contribution in [3.05, 3.63) is 45.6 Å². The Morgan fingerprint density at radius 2 is 2.07 bits per heavy atom. The fraction of sp³-hybridized carbons (Fsp3) is 0.333. The van der Waals surface area contributed by atoms with Gasteiger partial charge in [-0.2, -0.15) is 0 Å². The lowest BCUT2D eigenvalue weighted by Gasteiger charge is -2.01. The van der Waals surface area contributed by atoms with E-state index in [1.807, 2.05) is 18.2 Å². The average molecular weight is 302 g/mol. The Kier molecular flexibility index (Phi) is 5.87. The molecule has 0 saturated carbocycles. The van der Waals surface area contributed by atoms with Crippen LogP contribution in [-0.2, 0) is 11.3 Å². The first-order chi connectivity index (χ1) is 6.79. The second-order valence-electron chi connectivity index (χ2n) is 3.12. The van der Waals surface area contributed by atoms with Crippen molar-refractivity contribution in [2.45, 2.75) is 20.0 Å². The van der Waals surface area contributed by atoms with E-state index < -0.39 is 0 Å². The molecule has 0 aromatic heterocycles. The Balaban J connectivity index is 2.14. The van der Waals surface area contributed by atoms with Crippen LogP contribution < -0.4 is 0 Å². The summed E-state index contributed by atoms with van der Waals surface area (Å²) in [4.78, 5) is 0. The van der Waals surface area contributed by atoms with Crippen LogP contribution in [0.1, 0.15) is 18.9 Å². The summed E-state index contributed by atoms with van der Waals surface area (Å²) in [5, 5.41) is 0. The van der Waals surface area contributed by atoms with Gasteiger partial charge < -0.3 is 4.74 Å². The number of rotatable bonds is 5. The first-order valence-electron chi connectivity index (χ1n) is 4.73. The van der Waals surface area contributed by atoms with Crippen molar-refractivity contribution in [2.75, 3.05) is 6.61 Å². The van der Waals surface area contributed by atoms with Crippen LogP contribution in [0, 0.1) is 0 Å². The van der Waals surface area contributed by atoms with E-state index >= 15 is 0 Å². The molecule has 0 bridgehead atoms. The van der Waals surface area contributed by atoms with Crippen LogP contribution in [0.5, 0.6) is 0 Å². The second-order valence-corrected chi connectivity index (χ2v) is 4.82. The Labute approximate surface area is 99.3 Å². The molecule has 0 radical (unpaired) electrons. The summed E-state index contributed by atoms with van der Waals surface area (Å²) in [6, 6.07) is 10.3. The van der Waals surface area contributed by atoms with Gasteiger partial charge in [0, 0.05) is 0 Å². The summed E-state index contributed by atoms with van der Waals surface area (Å²) in [5.74, 6) is 0. The zero-order valence-corrected chi connectivity index (χ0v) is 10.5. The normalized spacial score (nSPS) is 11.7. The molecule has 0 fully saturated rings. The maximum absolute atomic E-state index is 5.52. The quantitative estimate of drug-likeness (QED) is 0.591. The summed E-state index contributed by atoms with van der Waals surface area (Å²) < 4.78 is 6.85. The van der Waals surface area contributed by atoms with Gasteiger partial charge >= 0.3 is 0 Å². The zero-order valence-electron chi connectivity index (χ0n) is 8.37. The second kappa shape index (κ2) is 7.01. The van der Waals surface area contributed by atoms with Crippen molar-refractivity contribution in [3.63, 3.8) is 0 Å². The van der Waals surface area contributed by atoms with Gasteiger partial charge in [0.05, 0.1) is 13.2 Å². The first-order valence-corrected chi connectivity index (χ1v) is 5.81. The minimum atomic E-state index is 0.717. The highest BCUT2D eigenvalue weighted by molar-refractivity contribution is 14.1. The summed E-state index contributed by atoms with van der Waals surface area (Å²) in [6.45, 7) is 3.61. The van der Waals surface area contributed by atoms with Crippen LogP contribution in [0.15, 0.2) is 40.0 Å². The molecule has 0 unspecified atom stereocenters. The average Bonchev–Trinajstić information content (AvgIpc) is 2.18. The highest BCUT2D eigenvalue weighted by atomic mass is 127. The van der Waals surface area contributed by atoms with Gasteiger partial charge in [0.1, 0.15) is 0 Å². The third-order valence-corrected chi connectivity index (χ3v) is 2.24. The summed E-state index contributed by atoms with van der Waals surface area (Å²) >= 11 is 2.31. The Morgan fingerprint density at radius 1 is 1.36 bits per heavy atom. The predicted octanol–water partition coefficient (Wildman–Crippen LogP) is 3.93. The van der Waals surface area contributed by atoms with Crippen molar-refractivity contribution in [2.24, 2.45) is 0 Å². The van der Waals surface area contributed by atoms with Gasteiger partial charge in [-0.25, -0.2) is 0 Å². The molecule has 0 heterocycles. The number of halogens is 1. The summed E-state index contributed by atoms with van der Waals surface area (Å²) in [7, 11) is 0. The molecule has 1 aromatic carbocycles. The molecule has 2 heteroatoms. The lowest BCUT2D eigenvalue weighted by Crippen LogP contribution is -1.93. The minimum Gasteiger partial charge on any atom is -0.376 e. The van der Waals surface area contributed by atoms with Gasteiger partial charge in [0.25, 0.3) is 0 Å². The largest absolute Gasteiger partial charge is 0.376 e. The van der Waals surface area contributed by atoms with Gasteiger partial charge in [0.15, 0.2) is 0 Å². The maximum atomic E-state index is 5.52. The standard InChI is InChI=1S/C12H15IO/c1-11(13)6-5-9-14-10-12-7-3-2-4-8-12/h2-4,6-8H,5,9-10H2,1H3/b11-6+. The number of allylic oxidation sites excluding steroid dienone is 1. The van der Waals surface area contributed by atoms with E-state index in [4.69, 9.17) is 4.74 Å². The molecule has 1 aromatic rings. The highest BCUT2D eigenvalue weighted by Crippen LogP contribution is 2.05. The fourth-order valence-electron chi connectivity index (χ4n) is 1.11. The summed E-state index contributed by atoms with van der Waals surface area (Å²) in [5.41, 5.74) is 1.24. The van der Waals surface area contributed by atoms with Gasteiger partial charge in [-0.05, 0) is 45.1 Å². The highest BCUT2D eigenvalue weighted by Gasteiger charge is 1.90. The van der Waals surface area contributed by atoms with Crippen molar-refractivity contribution in [1.29, 1.82) is 0 Å². The molecular weight excluding hydrogens is 287 g/mol. The Bertz CT molecular complexity index is 276. The molecular formula is C12H15IO. The number of hydrogen-bond acceptors (Lipinski definition) is 1. The molecule has 76 valence electrons. The van der Waals surface area contributed by atoms with E-state index in [1.54, 1.807) is 0 Å². The first kappa shape index (κ1) is 11.7. The zero-order chi connectivity index (χ0) is 10.2. The molecule has 0 N–H and O–H groups in total. The lowest BCUT2D eigenvalue weighted by atomic mass is 10.2. The van der Waals surface area contributed by atoms with Crippen LogP contribution in [-0.4, -0.2) is 6.61 Å². The smallest absolute Gasteiger partial charge is 0.0717 e. The number of benzene rings is 1. The van der Waals surface area contributed by atoms with E-state index in [1.165, 1.54) is 9.14 Å². The van der Waals surface area contributed by atoms with Crippen LogP contribution in [0.4, 0.5) is 0 Å². The van der Waals surface area contributed by atoms with E-state index in [2.05, 4.69) is 47.7 Å². The molecule has 0 aliphatic heterocycles. The molecule has 0 saturated heterocycles. The maximum Gasteiger partial charge on any atom is 0.0717 e. The lowest BCUT2D eigenvalue weighted by molar-refractivity contribution is 0.125. The van der Waals surface area contributed by atoms with E-state index in [0.29, 0.717) is 0 Å². The fourth-order valence-corrected chi connectivity index (χ4v) is 1.42. The van der Waals surface area contributed by atoms with Crippen LogP contribution in [0.3, 0.4) is 0 Å². The predicted molar refractivity (Wildman–Crippen MR) is 68.5 cm³/mol. The third kappa shape index (κ3) is 5.40. The number of ether oxygens (including phenoxy) is 1. The summed E-state index contributed by atoms with van der Waals surface area (Å²) in [6.07, 6.45) is 3.19. The van der Waals surface area contributed by atoms with Crippen molar-refractivity contribution < 1.29 is 4.74 Å². The molecule has 0 atom stereocenters. The van der Waals surface area contributed by atoms with Gasteiger partial charge in [-0.15, -0.1) is 0 Å². The van der Waals surface area contributed by atoms with Crippen LogP contribution in [0.2, 0.25) is 0 Å². The SMILES string of the molecule is C/C(I)=C\CCOCc1ccccc1. The minimum absolute atomic E-state index is 0.717. The molecule has 0 spiro atoms. The molecule has 0 amide bonds. The molecule has 14 heavy (non-hydrogen) atoms. The molecule has 1 nitrogen and oxygen atoms in total. The van der Waals surface area contributed by atoms with Crippen LogP contribution in [0.25, 0.3) is 0 Å².